The molecule has 2 aromatic rings. The third-order valence-corrected chi connectivity index (χ3v) is 5.28. The van der Waals surface area contributed by atoms with E-state index in [1.807, 2.05) is 19.1 Å². The smallest absolute Gasteiger partial charge is 0.255 e. The van der Waals surface area contributed by atoms with E-state index in [-0.39, 0.29) is 18.0 Å². The maximum atomic E-state index is 12.7. The second-order valence-electron chi connectivity index (χ2n) is 6.97. The molecule has 2 fully saturated rings. The fraction of sp³-hybridized carbons (Fsp3) is 0.474. The molecule has 2 heterocycles. The Morgan fingerprint density at radius 3 is 2.88 bits per heavy atom. The van der Waals surface area contributed by atoms with Crippen LogP contribution in [0.25, 0.3) is 0 Å². The average molecular weight is 340 g/mol. The molecule has 6 nitrogen and oxygen atoms in total. The maximum absolute atomic E-state index is 12.7. The van der Waals surface area contributed by atoms with E-state index >= 15 is 0 Å². The van der Waals surface area contributed by atoms with Crippen LogP contribution in [-0.4, -0.2) is 46.7 Å². The molecule has 0 unspecified atom stereocenters. The molecular weight excluding hydrogens is 316 g/mol. The van der Waals surface area contributed by atoms with Crippen LogP contribution in [0.2, 0.25) is 0 Å². The Morgan fingerprint density at radius 2 is 2.20 bits per heavy atom. The first kappa shape index (κ1) is 16.1. The van der Waals surface area contributed by atoms with E-state index in [2.05, 4.69) is 32.5 Å². The van der Waals surface area contributed by atoms with Gasteiger partial charge in [0.1, 0.15) is 5.75 Å². The molecule has 25 heavy (non-hydrogen) atoms. The Kier molecular flexibility index (Phi) is 4.21. The van der Waals surface area contributed by atoms with Crippen LogP contribution in [0.3, 0.4) is 0 Å². The van der Waals surface area contributed by atoms with Gasteiger partial charge < -0.3 is 10.1 Å². The van der Waals surface area contributed by atoms with Gasteiger partial charge in [-0.05, 0) is 43.9 Å². The summed E-state index contributed by atoms with van der Waals surface area (Å²) in [6.07, 6.45) is 5.06. The lowest BCUT2D eigenvalue weighted by Gasteiger charge is -2.29. The zero-order chi connectivity index (χ0) is 17.4. The van der Waals surface area contributed by atoms with Crippen LogP contribution < -0.4 is 10.1 Å². The number of nitrogens with zero attached hydrogens (tertiary/aromatic N) is 2. The topological polar surface area (TPSA) is 70.2 Å². The number of methoxy groups -OCH3 is 1. The van der Waals surface area contributed by atoms with E-state index in [1.165, 1.54) is 18.4 Å². The molecule has 2 atom stereocenters. The van der Waals surface area contributed by atoms with E-state index < -0.39 is 0 Å². The van der Waals surface area contributed by atoms with Gasteiger partial charge in [-0.15, -0.1) is 0 Å². The monoisotopic (exact) mass is 340 g/mol. The van der Waals surface area contributed by atoms with Crippen molar-refractivity contribution in [2.45, 2.75) is 44.3 Å². The molecule has 4 rings (SSSR count). The summed E-state index contributed by atoms with van der Waals surface area (Å²) in [4.78, 5) is 15.2. The molecule has 1 aliphatic heterocycles. The maximum Gasteiger partial charge on any atom is 0.255 e. The van der Waals surface area contributed by atoms with Crippen LogP contribution in [0, 0.1) is 6.92 Å². The number of benzene rings is 1. The minimum absolute atomic E-state index is 0.0539. The highest BCUT2D eigenvalue weighted by Crippen LogP contribution is 2.41. The molecule has 0 bridgehead atoms. The predicted octanol–water partition coefficient (Wildman–Crippen LogP) is 2.43. The van der Waals surface area contributed by atoms with Crippen molar-refractivity contribution in [1.29, 1.82) is 0 Å². The Morgan fingerprint density at radius 1 is 1.36 bits per heavy atom. The molecule has 2 N–H and O–H groups in total. The summed E-state index contributed by atoms with van der Waals surface area (Å²) in [5, 5.41) is 10.0. The van der Waals surface area contributed by atoms with Crippen molar-refractivity contribution in [3.05, 3.63) is 47.3 Å². The summed E-state index contributed by atoms with van der Waals surface area (Å²) in [5.41, 5.74) is 2.62. The van der Waals surface area contributed by atoms with E-state index in [9.17, 15) is 4.79 Å². The molecule has 1 aliphatic carbocycles. The van der Waals surface area contributed by atoms with E-state index in [1.54, 1.807) is 13.3 Å². The fourth-order valence-electron chi connectivity index (χ4n) is 3.86. The van der Waals surface area contributed by atoms with Crippen LogP contribution in [0.1, 0.15) is 46.9 Å². The Bertz CT molecular complexity index is 768. The quantitative estimate of drug-likeness (QED) is 0.877. The molecule has 6 heteroatoms. The van der Waals surface area contributed by atoms with Crippen LogP contribution in [0.4, 0.5) is 0 Å². The van der Waals surface area contributed by atoms with Crippen molar-refractivity contribution in [3.63, 3.8) is 0 Å². The van der Waals surface area contributed by atoms with Gasteiger partial charge in [0.25, 0.3) is 5.91 Å². The number of nitrogens with one attached hydrogen (secondary N) is 2. The van der Waals surface area contributed by atoms with Crippen LogP contribution in [0.15, 0.2) is 30.5 Å². The molecule has 2 aliphatic rings. The number of aromatic nitrogens is 2. The van der Waals surface area contributed by atoms with Gasteiger partial charge in [0, 0.05) is 18.3 Å². The van der Waals surface area contributed by atoms with Crippen LogP contribution in [0.5, 0.6) is 5.75 Å². The third kappa shape index (κ3) is 3.14. The van der Waals surface area contributed by atoms with Gasteiger partial charge >= 0.3 is 0 Å². The van der Waals surface area contributed by atoms with Crippen molar-refractivity contribution in [2.24, 2.45) is 0 Å². The van der Waals surface area contributed by atoms with Gasteiger partial charge in [-0.25, -0.2) is 0 Å². The van der Waals surface area contributed by atoms with Gasteiger partial charge in [-0.1, -0.05) is 12.1 Å². The molecule has 1 amide bonds. The van der Waals surface area contributed by atoms with E-state index in [0.29, 0.717) is 11.6 Å². The van der Waals surface area contributed by atoms with Crippen molar-refractivity contribution in [3.8, 4) is 5.75 Å². The van der Waals surface area contributed by atoms with Crippen molar-refractivity contribution in [1.82, 2.24) is 20.4 Å². The lowest BCUT2D eigenvalue weighted by Crippen LogP contribution is -2.40. The zero-order valence-corrected chi connectivity index (χ0v) is 14.7. The number of hydrogen-bond acceptors (Lipinski definition) is 4. The number of aryl methyl sites for hydroxylation is 1. The van der Waals surface area contributed by atoms with Gasteiger partial charge in [0.15, 0.2) is 0 Å². The number of carbonyl (C=O) groups excluding carboxylic acids is 1. The minimum atomic E-state index is -0.0539. The van der Waals surface area contributed by atoms with Crippen molar-refractivity contribution < 1.29 is 9.53 Å². The summed E-state index contributed by atoms with van der Waals surface area (Å²) in [6, 6.07) is 9.14. The second-order valence-corrected chi connectivity index (χ2v) is 6.97. The van der Waals surface area contributed by atoms with Crippen LogP contribution in [-0.2, 0) is 0 Å². The Hall–Kier alpha value is -2.34. The molecule has 0 radical (unpaired) electrons. The summed E-state index contributed by atoms with van der Waals surface area (Å²) in [7, 11) is 1.69. The average Bonchev–Trinajstić information content (AvgIpc) is 3.25. The number of aromatic amines is 1. The summed E-state index contributed by atoms with van der Waals surface area (Å²) < 4.78 is 5.40. The molecule has 0 spiro atoms. The summed E-state index contributed by atoms with van der Waals surface area (Å²) in [6.45, 7) is 2.88. The van der Waals surface area contributed by atoms with Gasteiger partial charge in [0.05, 0.1) is 31.0 Å². The van der Waals surface area contributed by atoms with E-state index in [4.69, 9.17) is 4.74 Å². The third-order valence-electron chi connectivity index (χ3n) is 5.28. The summed E-state index contributed by atoms with van der Waals surface area (Å²) in [5.74, 6) is 0.803. The predicted molar refractivity (Wildman–Crippen MR) is 94.7 cm³/mol. The number of carbonyl (C=O) groups is 1. The molecule has 1 aromatic heterocycles. The SMILES string of the molecule is COc1cccc([C@@H]2[C@H](NC(=O)c3cn[nH]c3C)CCN2C2CC2)c1. The van der Waals surface area contributed by atoms with Crippen LogP contribution >= 0.6 is 0 Å². The normalized spacial score (nSPS) is 23.6. The number of rotatable bonds is 5. The molecular formula is C19H24N4O2. The fourth-order valence-corrected chi connectivity index (χ4v) is 3.86. The molecule has 1 saturated heterocycles. The number of ether oxygens (including phenoxy) is 1. The molecule has 132 valence electrons. The molecule has 1 saturated carbocycles. The lowest BCUT2D eigenvalue weighted by molar-refractivity contribution is 0.0923. The van der Waals surface area contributed by atoms with Gasteiger partial charge in [-0.2, -0.15) is 5.10 Å². The largest absolute Gasteiger partial charge is 0.497 e. The molecule has 1 aromatic carbocycles. The van der Waals surface area contributed by atoms with Crippen molar-refractivity contribution in [2.75, 3.05) is 13.7 Å². The van der Waals surface area contributed by atoms with E-state index in [0.717, 1.165) is 24.4 Å². The Labute approximate surface area is 147 Å². The zero-order valence-electron chi connectivity index (χ0n) is 14.7. The highest BCUT2D eigenvalue weighted by atomic mass is 16.5. The number of amides is 1. The number of likely N-dealkylation sites (tertiary alicyclic amines) is 1. The highest BCUT2D eigenvalue weighted by Gasteiger charge is 2.43. The van der Waals surface area contributed by atoms with Gasteiger partial charge in [-0.3, -0.25) is 14.8 Å². The summed E-state index contributed by atoms with van der Waals surface area (Å²) >= 11 is 0. The first-order valence-electron chi connectivity index (χ1n) is 8.88. The Balaban J connectivity index is 1.59. The number of H-pyrrole nitrogens is 1. The highest BCUT2D eigenvalue weighted by molar-refractivity contribution is 5.95. The standard InChI is InChI=1S/C19H24N4O2/c1-12-16(11-20-22-12)19(24)21-17-8-9-23(14-6-7-14)18(17)13-4-3-5-15(10-13)25-2/h3-5,10-11,14,17-18H,6-9H2,1-2H3,(H,20,22)(H,21,24)/t17-,18-/m1/s1. The first-order chi connectivity index (χ1) is 12.2. The number of hydrogen-bond donors (Lipinski definition) is 2. The minimum Gasteiger partial charge on any atom is -0.497 e. The van der Waals surface area contributed by atoms with Gasteiger partial charge in [0.2, 0.25) is 0 Å². The first-order valence-corrected chi connectivity index (χ1v) is 8.88. The lowest BCUT2D eigenvalue weighted by atomic mass is 9.99. The second kappa shape index (κ2) is 6.52. The van der Waals surface area contributed by atoms with Crippen molar-refractivity contribution >= 4 is 5.91 Å².